The molecule has 0 saturated carbocycles. The van der Waals surface area contributed by atoms with Gasteiger partial charge in [0.15, 0.2) is 5.69 Å². The Morgan fingerprint density at radius 3 is 2.70 bits per heavy atom. The molecule has 0 radical (unpaired) electrons. The van der Waals surface area contributed by atoms with Gasteiger partial charge in [-0.3, -0.25) is 0 Å². The molecule has 6 heteroatoms. The molecule has 10 heavy (non-hydrogen) atoms. The molecule has 0 unspecified atom stereocenters. The third kappa shape index (κ3) is 2.13. The van der Waals surface area contributed by atoms with E-state index in [-0.39, 0.29) is 26.0 Å². The Balaban J connectivity index is 0. The average molecular weight is 133 g/mol. The summed E-state index contributed by atoms with van der Waals surface area (Å²) in [5.74, 6) is -1.09. The Morgan fingerprint density at radius 2 is 2.40 bits per heavy atom. The molecule has 1 rings (SSSR count). The fourth-order valence-corrected chi connectivity index (χ4v) is 0.355. The van der Waals surface area contributed by atoms with E-state index in [2.05, 4.69) is 15.4 Å². The summed E-state index contributed by atoms with van der Waals surface area (Å²) < 4.78 is 0. The van der Waals surface area contributed by atoms with Crippen LogP contribution in [0.4, 0.5) is 0 Å². The Hall–Kier alpha value is -0.923. The molecule has 1 aromatic rings. The van der Waals surface area contributed by atoms with Crippen molar-refractivity contribution in [3.63, 3.8) is 0 Å². The second-order valence-electron chi connectivity index (χ2n) is 1.31. The molecule has 0 spiro atoms. The van der Waals surface area contributed by atoms with Gasteiger partial charge in [-0.2, -0.15) is 0 Å². The van der Waals surface area contributed by atoms with Crippen LogP contribution in [0, 0.1) is 0 Å². The predicted octanol–water partition coefficient (Wildman–Crippen LogP) is -3.31. The average Bonchev–Trinajstić information content (AvgIpc) is 1.90. The molecule has 0 amide bonds. The number of hydrogen-bond acceptors (Lipinski definition) is 4. The SMILES string of the molecule is O=C(O)c1ccnnn1.[H-].[Li+]. The van der Waals surface area contributed by atoms with Crippen molar-refractivity contribution < 1.29 is 30.2 Å². The zero-order chi connectivity index (χ0) is 6.69. The molecule has 5 nitrogen and oxygen atoms in total. The minimum atomic E-state index is -1.09. The van der Waals surface area contributed by atoms with E-state index < -0.39 is 5.97 Å². The van der Waals surface area contributed by atoms with E-state index in [1.807, 2.05) is 0 Å². The van der Waals surface area contributed by atoms with Crippen LogP contribution >= 0.6 is 0 Å². The molecule has 0 atom stereocenters. The molecule has 0 bridgehead atoms. The maximum atomic E-state index is 10.1. The third-order valence-corrected chi connectivity index (χ3v) is 0.722. The van der Waals surface area contributed by atoms with Crippen LogP contribution in [0.15, 0.2) is 12.3 Å². The first-order valence-electron chi connectivity index (χ1n) is 2.18. The van der Waals surface area contributed by atoms with Gasteiger partial charge in [0.25, 0.3) is 0 Å². The summed E-state index contributed by atoms with van der Waals surface area (Å²) in [5.41, 5.74) is -0.0926. The molecule has 0 aliphatic carbocycles. The van der Waals surface area contributed by atoms with Crippen LogP contribution in [-0.2, 0) is 0 Å². The topological polar surface area (TPSA) is 76.0 Å². The standard InChI is InChI=1S/C4H3N3O2.Li.H/c8-4(9)3-1-2-5-7-6-3;;/h1-2H,(H,8,9);;/q;+1;-1. The van der Waals surface area contributed by atoms with Crippen LogP contribution in [0.2, 0.25) is 0 Å². The molecule has 0 aliphatic heterocycles. The summed E-state index contributed by atoms with van der Waals surface area (Å²) in [6.07, 6.45) is 1.27. The van der Waals surface area contributed by atoms with E-state index in [0.29, 0.717) is 0 Å². The Bertz CT molecular complexity index is 220. The minimum Gasteiger partial charge on any atom is -1.00 e. The maximum Gasteiger partial charge on any atom is 1.00 e. The van der Waals surface area contributed by atoms with Gasteiger partial charge < -0.3 is 6.53 Å². The van der Waals surface area contributed by atoms with Crippen molar-refractivity contribution in [1.29, 1.82) is 0 Å². The van der Waals surface area contributed by atoms with Gasteiger partial charge in [-0.1, -0.05) is 0 Å². The first-order chi connectivity index (χ1) is 4.30. The van der Waals surface area contributed by atoms with Gasteiger partial charge in [-0.05, 0) is 11.3 Å². The van der Waals surface area contributed by atoms with Crippen LogP contribution in [0.5, 0.6) is 0 Å². The van der Waals surface area contributed by atoms with E-state index in [1.54, 1.807) is 0 Å². The maximum absolute atomic E-state index is 10.1. The zero-order valence-corrected chi connectivity index (χ0v) is 5.35. The van der Waals surface area contributed by atoms with Gasteiger partial charge in [-0.15, -0.1) is 10.2 Å². The summed E-state index contributed by atoms with van der Waals surface area (Å²) in [4.78, 5) is 10.1. The van der Waals surface area contributed by atoms with E-state index in [9.17, 15) is 4.79 Å². The smallest absolute Gasteiger partial charge is 1.00 e. The number of carboxylic acid groups (broad SMARTS) is 1. The molecule has 0 aromatic carbocycles. The normalized spacial score (nSPS) is 8.00. The summed E-state index contributed by atoms with van der Waals surface area (Å²) in [7, 11) is 0. The van der Waals surface area contributed by atoms with Crippen LogP contribution in [0.3, 0.4) is 0 Å². The summed E-state index contributed by atoms with van der Waals surface area (Å²) in [6.45, 7) is 0. The molecular formula is C4H4LiN3O2. The van der Waals surface area contributed by atoms with Crippen molar-refractivity contribution in [3.05, 3.63) is 18.0 Å². The predicted molar refractivity (Wildman–Crippen MR) is 27.9 cm³/mol. The molecule has 0 saturated heterocycles. The second-order valence-corrected chi connectivity index (χ2v) is 1.31. The van der Waals surface area contributed by atoms with Crippen molar-refractivity contribution in [2.24, 2.45) is 0 Å². The van der Waals surface area contributed by atoms with Crippen molar-refractivity contribution >= 4 is 5.97 Å². The molecule has 1 heterocycles. The Morgan fingerprint density at radius 1 is 1.70 bits per heavy atom. The van der Waals surface area contributed by atoms with Crippen LogP contribution in [0.25, 0.3) is 0 Å². The van der Waals surface area contributed by atoms with Gasteiger partial charge in [0, 0.05) is 0 Å². The summed E-state index contributed by atoms with van der Waals surface area (Å²) in [6, 6.07) is 1.27. The monoisotopic (exact) mass is 133 g/mol. The van der Waals surface area contributed by atoms with Gasteiger partial charge in [0.1, 0.15) is 0 Å². The van der Waals surface area contributed by atoms with Crippen LogP contribution < -0.4 is 18.9 Å². The Kier molecular flexibility index (Phi) is 3.62. The van der Waals surface area contributed by atoms with Crippen molar-refractivity contribution in [1.82, 2.24) is 15.4 Å². The fourth-order valence-electron chi connectivity index (χ4n) is 0.355. The molecular weight excluding hydrogens is 129 g/mol. The number of carbonyl (C=O) groups is 1. The van der Waals surface area contributed by atoms with Crippen molar-refractivity contribution in [2.75, 3.05) is 0 Å². The van der Waals surface area contributed by atoms with Crippen molar-refractivity contribution in [2.45, 2.75) is 0 Å². The molecule has 0 aliphatic rings. The van der Waals surface area contributed by atoms with E-state index in [1.165, 1.54) is 12.3 Å². The first kappa shape index (κ1) is 9.08. The summed E-state index contributed by atoms with van der Waals surface area (Å²) >= 11 is 0. The quantitative estimate of drug-likeness (QED) is 0.406. The fraction of sp³-hybridized carbons (Fsp3) is 0. The number of aromatic nitrogens is 3. The minimum absolute atomic E-state index is 0. The molecule has 0 fully saturated rings. The number of hydrogen-bond donors (Lipinski definition) is 1. The van der Waals surface area contributed by atoms with E-state index >= 15 is 0 Å². The van der Waals surface area contributed by atoms with Crippen molar-refractivity contribution in [3.8, 4) is 0 Å². The second kappa shape index (κ2) is 3.98. The number of nitrogens with zero attached hydrogens (tertiary/aromatic N) is 3. The number of rotatable bonds is 1. The zero-order valence-electron chi connectivity index (χ0n) is 6.35. The van der Waals surface area contributed by atoms with Gasteiger partial charge in [0.2, 0.25) is 0 Å². The van der Waals surface area contributed by atoms with Crippen LogP contribution in [0.1, 0.15) is 11.9 Å². The van der Waals surface area contributed by atoms with E-state index in [4.69, 9.17) is 5.11 Å². The number of aromatic carboxylic acids is 1. The Labute approximate surface area is 70.1 Å². The number of carboxylic acids is 1. The molecule has 48 valence electrons. The van der Waals surface area contributed by atoms with Gasteiger partial charge in [-0.25, -0.2) is 4.79 Å². The first-order valence-corrected chi connectivity index (χ1v) is 2.18. The van der Waals surface area contributed by atoms with E-state index in [0.717, 1.165) is 0 Å². The largest absolute Gasteiger partial charge is 1.00 e. The van der Waals surface area contributed by atoms with Gasteiger partial charge >= 0.3 is 24.8 Å². The summed E-state index contributed by atoms with van der Waals surface area (Å²) in [5, 5.41) is 17.9. The van der Waals surface area contributed by atoms with Gasteiger partial charge in [0.05, 0.1) is 6.20 Å². The van der Waals surface area contributed by atoms with Crippen LogP contribution in [-0.4, -0.2) is 26.5 Å². The third-order valence-electron chi connectivity index (χ3n) is 0.722. The molecule has 1 N–H and O–H groups in total. The molecule has 1 aromatic heterocycles.